The van der Waals surface area contributed by atoms with Gasteiger partial charge in [-0.05, 0) is 78.3 Å². The number of aromatic nitrogens is 6. The predicted octanol–water partition coefficient (Wildman–Crippen LogP) is 9.64. The van der Waals surface area contributed by atoms with Crippen molar-refractivity contribution in [2.45, 2.75) is 33.4 Å². The van der Waals surface area contributed by atoms with E-state index in [0.29, 0.717) is 80.8 Å². The molecule has 19 heteroatoms. The summed E-state index contributed by atoms with van der Waals surface area (Å²) in [6.45, 7) is 4.56. The molecule has 2 unspecified atom stereocenters. The Morgan fingerprint density at radius 3 is 1.79 bits per heavy atom. The number of benzene rings is 2. The summed E-state index contributed by atoms with van der Waals surface area (Å²) >= 11 is 15.8. The van der Waals surface area contributed by atoms with E-state index < -0.39 is 0 Å². The summed E-state index contributed by atoms with van der Waals surface area (Å²) in [6, 6.07) is 21.9. The number of H-pyrrole nitrogens is 1. The number of amidine groups is 2. The van der Waals surface area contributed by atoms with Gasteiger partial charge in [0.2, 0.25) is 11.8 Å². The van der Waals surface area contributed by atoms with E-state index in [4.69, 9.17) is 56.2 Å². The predicted molar refractivity (Wildman–Crippen MR) is 240 cm³/mol. The van der Waals surface area contributed by atoms with Gasteiger partial charge in [0.25, 0.3) is 0 Å². The number of nitrogens with zero attached hydrogens (tertiary/aromatic N) is 7. The van der Waals surface area contributed by atoms with Crippen LogP contribution in [-0.2, 0) is 9.68 Å². The van der Waals surface area contributed by atoms with Crippen molar-refractivity contribution < 1.29 is 28.0 Å². The van der Waals surface area contributed by atoms with Crippen LogP contribution in [0, 0.1) is 13.8 Å². The first-order chi connectivity index (χ1) is 29.7. The van der Waals surface area contributed by atoms with Crippen molar-refractivity contribution in [1.82, 2.24) is 40.4 Å². The van der Waals surface area contributed by atoms with E-state index in [1.807, 2.05) is 85.3 Å². The number of fused-ring (bicyclic) bond motifs is 2. The fraction of sp³-hybridized carbons (Fsp3) is 0.209. The Kier molecular flexibility index (Phi) is 13.9. The van der Waals surface area contributed by atoms with Gasteiger partial charge < -0.3 is 27.9 Å². The quantitative estimate of drug-likeness (QED) is 0.138. The lowest BCUT2D eigenvalue weighted by atomic mass is 10.2. The molecule has 16 nitrogen and oxygen atoms in total. The van der Waals surface area contributed by atoms with Crippen molar-refractivity contribution in [3.05, 3.63) is 147 Å². The number of hydrogen-bond donors (Lipinski definition) is 3. The minimum atomic E-state index is -0.325. The minimum Gasteiger partial charge on any atom is -0.480 e. The van der Waals surface area contributed by atoms with Crippen LogP contribution in [0.4, 0.5) is 0 Å². The maximum absolute atomic E-state index is 6.23. The van der Waals surface area contributed by atoms with Crippen LogP contribution < -0.4 is 20.4 Å². The summed E-state index contributed by atoms with van der Waals surface area (Å²) in [5.41, 5.74) is 10.9. The lowest BCUT2D eigenvalue weighted by Crippen LogP contribution is -2.33. The van der Waals surface area contributed by atoms with Crippen LogP contribution in [-0.4, -0.2) is 68.6 Å². The molecule has 0 aliphatic carbocycles. The molecule has 0 fully saturated rings. The first-order valence-electron chi connectivity index (χ1n) is 18.7. The topological polar surface area (TPSA) is 184 Å². The van der Waals surface area contributed by atoms with Crippen molar-refractivity contribution in [2.24, 2.45) is 9.98 Å². The number of halogens is 3. The number of methoxy groups -OCH3 is 2. The SMILES string of the molecule is C.COc1nc(C2=NC(c3cc4cccc(Cl)c4o3)CON2)ccc1-n1cnc(C)c1.COc1nc(C2=NC(c3cc4cccc(Cl)c4o3)CON2)ccc1Br.Cc1cnc[nH]1. The zero-order chi connectivity index (χ0) is 42.5. The maximum atomic E-state index is 6.23. The van der Waals surface area contributed by atoms with Crippen molar-refractivity contribution in [3.8, 4) is 17.4 Å². The van der Waals surface area contributed by atoms with Gasteiger partial charge in [-0.3, -0.25) is 19.7 Å². The lowest BCUT2D eigenvalue weighted by molar-refractivity contribution is 0.0580. The van der Waals surface area contributed by atoms with Crippen molar-refractivity contribution in [1.29, 1.82) is 0 Å². The molecule has 0 amide bonds. The molecule has 3 N–H and O–H groups in total. The molecule has 8 heterocycles. The summed E-state index contributed by atoms with van der Waals surface area (Å²) in [6.07, 6.45) is 7.06. The number of pyridine rings is 2. The molecule has 2 aromatic carbocycles. The van der Waals surface area contributed by atoms with E-state index in [1.54, 1.807) is 45.2 Å². The van der Waals surface area contributed by atoms with E-state index in [1.165, 1.54) is 0 Å². The van der Waals surface area contributed by atoms with Gasteiger partial charge in [0.05, 0.1) is 47.1 Å². The summed E-state index contributed by atoms with van der Waals surface area (Å²) in [5, 5.41) is 2.99. The van der Waals surface area contributed by atoms with E-state index in [0.717, 1.165) is 32.3 Å². The Hall–Kier alpha value is -6.24. The molecule has 320 valence electrons. The standard InChI is InChI=1S/C21H18ClN5O3.C17H13BrClN3O3.C4H6N2.CH4/c1-12-9-27(11-23-12)17-7-6-15(25-21(17)28-2)20-24-16(10-29-26-20)18-8-13-4-3-5-14(22)19(13)30-18;1-23-17-10(18)5-6-12(21-17)16-20-13(8-24-22-16)14-7-9-3-2-4-11(19)15(9)25-14;1-4-2-5-3-6-4;/h3-9,11,16H,10H2,1-2H3,(H,24,26);2-7,13H,8H2,1H3,(H,20,22);2-3H,1H3,(H,5,6);1H4. The van der Waals surface area contributed by atoms with Gasteiger partial charge in [0, 0.05) is 28.9 Å². The largest absolute Gasteiger partial charge is 0.480 e. The maximum Gasteiger partial charge on any atom is 0.238 e. The first kappa shape index (κ1) is 43.8. The molecule has 62 heavy (non-hydrogen) atoms. The van der Waals surface area contributed by atoms with Crippen LogP contribution in [0.15, 0.2) is 121 Å². The van der Waals surface area contributed by atoms with E-state index >= 15 is 0 Å². The van der Waals surface area contributed by atoms with Crippen LogP contribution in [0.5, 0.6) is 11.8 Å². The van der Waals surface area contributed by atoms with Crippen LogP contribution in [0.3, 0.4) is 0 Å². The van der Waals surface area contributed by atoms with Gasteiger partial charge in [-0.1, -0.05) is 54.9 Å². The average Bonchev–Trinajstić information content (AvgIpc) is 4.13. The molecule has 0 radical (unpaired) electrons. The summed E-state index contributed by atoms with van der Waals surface area (Å²) in [7, 11) is 3.14. The number of rotatable bonds is 7. The zero-order valence-electron chi connectivity index (χ0n) is 33.0. The number of furan rings is 2. The van der Waals surface area contributed by atoms with Gasteiger partial charge in [0.15, 0.2) is 22.8 Å². The number of para-hydroxylation sites is 2. The zero-order valence-corrected chi connectivity index (χ0v) is 36.1. The molecule has 0 saturated heterocycles. The van der Waals surface area contributed by atoms with Gasteiger partial charge in [-0.15, -0.1) is 0 Å². The Labute approximate surface area is 374 Å². The monoisotopic (exact) mass is 942 g/mol. The fourth-order valence-corrected chi connectivity index (χ4v) is 7.08. The molecule has 2 aliphatic rings. The number of aliphatic imine (C=N–C) groups is 2. The van der Waals surface area contributed by atoms with Crippen LogP contribution in [0.25, 0.3) is 27.6 Å². The van der Waals surface area contributed by atoms with Crippen molar-refractivity contribution >= 4 is 72.7 Å². The molecular weight excluding hydrogens is 903 g/mol. The third kappa shape index (κ3) is 9.77. The Balaban J connectivity index is 0.000000164. The second-order valence-corrected chi connectivity index (χ2v) is 15.2. The number of aromatic amines is 1. The van der Waals surface area contributed by atoms with Crippen LogP contribution >= 0.6 is 39.1 Å². The molecule has 2 aliphatic heterocycles. The molecule has 2 atom stereocenters. The summed E-state index contributed by atoms with van der Waals surface area (Å²) < 4.78 is 25.2. The highest BCUT2D eigenvalue weighted by Crippen LogP contribution is 2.34. The minimum absolute atomic E-state index is 0. The Morgan fingerprint density at radius 1 is 0.758 bits per heavy atom. The van der Waals surface area contributed by atoms with Gasteiger partial charge in [-0.2, -0.15) is 0 Å². The highest BCUT2D eigenvalue weighted by Gasteiger charge is 2.25. The second-order valence-electron chi connectivity index (χ2n) is 13.5. The van der Waals surface area contributed by atoms with E-state index in [2.05, 4.69) is 56.8 Å². The Morgan fingerprint density at radius 2 is 1.32 bits per heavy atom. The van der Waals surface area contributed by atoms with Crippen molar-refractivity contribution in [2.75, 3.05) is 27.4 Å². The number of aryl methyl sites for hydroxylation is 2. The van der Waals surface area contributed by atoms with Crippen molar-refractivity contribution in [3.63, 3.8) is 0 Å². The molecule has 0 saturated carbocycles. The van der Waals surface area contributed by atoms with Crippen LogP contribution in [0.1, 0.15) is 53.8 Å². The molecule has 10 rings (SSSR count). The number of hydrogen-bond acceptors (Lipinski definition) is 14. The highest BCUT2D eigenvalue weighted by atomic mass is 79.9. The summed E-state index contributed by atoms with van der Waals surface area (Å²) in [5.74, 6) is 3.28. The van der Waals surface area contributed by atoms with Gasteiger partial charge >= 0.3 is 0 Å². The molecular formula is C43H41BrCl2N10O6. The third-order valence-corrected chi connectivity index (χ3v) is 10.4. The lowest BCUT2D eigenvalue weighted by Gasteiger charge is -2.20. The Bertz CT molecular complexity index is 2860. The number of ether oxygens (including phenoxy) is 2. The molecule has 0 spiro atoms. The van der Waals surface area contributed by atoms with Crippen LogP contribution in [0.2, 0.25) is 10.0 Å². The van der Waals surface area contributed by atoms with Gasteiger partial charge in [-0.25, -0.2) is 30.9 Å². The fourth-order valence-electron chi connectivity index (χ4n) is 6.26. The second kappa shape index (κ2) is 19.6. The smallest absolute Gasteiger partial charge is 0.238 e. The number of imidazole rings is 2. The molecule has 6 aromatic heterocycles. The molecule has 0 bridgehead atoms. The normalized spacial score (nSPS) is 15.7. The number of nitrogens with one attached hydrogen (secondary N) is 3. The average molecular weight is 945 g/mol. The summed E-state index contributed by atoms with van der Waals surface area (Å²) in [4.78, 5) is 40.3. The van der Waals surface area contributed by atoms with E-state index in [-0.39, 0.29) is 19.5 Å². The third-order valence-electron chi connectivity index (χ3n) is 9.23. The number of hydroxylamine groups is 2. The molecule has 8 aromatic rings. The first-order valence-corrected chi connectivity index (χ1v) is 20.2. The van der Waals surface area contributed by atoms with Gasteiger partial charge in [0.1, 0.15) is 53.9 Å². The van der Waals surface area contributed by atoms with E-state index in [9.17, 15) is 0 Å². The highest BCUT2D eigenvalue weighted by molar-refractivity contribution is 9.10.